The second kappa shape index (κ2) is 6.75. The van der Waals surface area contributed by atoms with E-state index in [1.807, 2.05) is 31.2 Å². The van der Waals surface area contributed by atoms with E-state index in [4.69, 9.17) is 23.2 Å². The standard InChI is InChI=1S/C14H14Cl2N2O2S/c1-10-3-2-4-11(7-10)5-6-18-21(19,20)12-8-13(15)14(16)17-9-12/h2-4,7-9,18H,5-6H2,1H3. The molecule has 7 heteroatoms. The molecular weight excluding hydrogens is 331 g/mol. The number of halogens is 2. The monoisotopic (exact) mass is 344 g/mol. The van der Waals surface area contributed by atoms with Crippen LogP contribution in [0.1, 0.15) is 11.1 Å². The van der Waals surface area contributed by atoms with Crippen molar-refractivity contribution in [3.05, 3.63) is 57.8 Å². The third-order valence-electron chi connectivity index (χ3n) is 2.87. The van der Waals surface area contributed by atoms with Gasteiger partial charge >= 0.3 is 0 Å². The van der Waals surface area contributed by atoms with Crippen molar-refractivity contribution in [2.75, 3.05) is 6.54 Å². The quantitative estimate of drug-likeness (QED) is 0.847. The van der Waals surface area contributed by atoms with E-state index in [1.165, 1.54) is 12.3 Å². The summed E-state index contributed by atoms with van der Waals surface area (Å²) in [4.78, 5) is 3.74. The van der Waals surface area contributed by atoms with Crippen LogP contribution in [0.5, 0.6) is 0 Å². The first-order valence-corrected chi connectivity index (χ1v) is 8.48. The highest BCUT2D eigenvalue weighted by Crippen LogP contribution is 2.21. The lowest BCUT2D eigenvalue weighted by Gasteiger charge is -2.07. The molecule has 0 spiro atoms. The predicted octanol–water partition coefficient (Wildman–Crippen LogP) is 3.22. The Bertz CT molecular complexity index is 748. The Labute approximate surface area is 134 Å². The maximum absolute atomic E-state index is 12.1. The zero-order valence-corrected chi connectivity index (χ0v) is 13.6. The van der Waals surface area contributed by atoms with Crippen LogP contribution in [0.25, 0.3) is 0 Å². The maximum Gasteiger partial charge on any atom is 0.242 e. The van der Waals surface area contributed by atoms with Crippen LogP contribution in [0.2, 0.25) is 10.2 Å². The molecule has 0 unspecified atom stereocenters. The zero-order chi connectivity index (χ0) is 15.5. The van der Waals surface area contributed by atoms with Crippen molar-refractivity contribution in [3.63, 3.8) is 0 Å². The fourth-order valence-electron chi connectivity index (χ4n) is 1.83. The first-order valence-electron chi connectivity index (χ1n) is 6.25. The molecule has 0 aliphatic heterocycles. The molecule has 0 saturated heterocycles. The van der Waals surface area contributed by atoms with E-state index in [2.05, 4.69) is 9.71 Å². The smallest absolute Gasteiger partial charge is 0.242 e. The van der Waals surface area contributed by atoms with Gasteiger partial charge in [0.05, 0.1) is 5.02 Å². The summed E-state index contributed by atoms with van der Waals surface area (Å²) in [6.45, 7) is 2.29. The molecule has 0 radical (unpaired) electrons. The molecule has 1 aromatic heterocycles. The lowest BCUT2D eigenvalue weighted by Crippen LogP contribution is -2.26. The van der Waals surface area contributed by atoms with Crippen molar-refractivity contribution in [2.45, 2.75) is 18.2 Å². The lowest BCUT2D eigenvalue weighted by atomic mass is 10.1. The van der Waals surface area contributed by atoms with Crippen molar-refractivity contribution < 1.29 is 8.42 Å². The molecule has 0 bridgehead atoms. The van der Waals surface area contributed by atoms with Gasteiger partial charge in [-0.2, -0.15) is 0 Å². The SMILES string of the molecule is Cc1cccc(CCNS(=O)(=O)c2cnc(Cl)c(Cl)c2)c1. The Hall–Kier alpha value is -1.14. The molecule has 0 amide bonds. The topological polar surface area (TPSA) is 59.1 Å². The van der Waals surface area contributed by atoms with Crippen molar-refractivity contribution in [2.24, 2.45) is 0 Å². The van der Waals surface area contributed by atoms with Gasteiger partial charge < -0.3 is 0 Å². The third-order valence-corrected chi connectivity index (χ3v) is 4.98. The molecule has 2 aromatic rings. The van der Waals surface area contributed by atoms with Crippen LogP contribution in [0.3, 0.4) is 0 Å². The Kier molecular flexibility index (Phi) is 5.22. The first-order chi connectivity index (χ1) is 9.88. The van der Waals surface area contributed by atoms with Crippen molar-refractivity contribution in [1.29, 1.82) is 0 Å². The Balaban J connectivity index is 2.03. The van der Waals surface area contributed by atoms with Crippen LogP contribution in [-0.2, 0) is 16.4 Å². The summed E-state index contributed by atoms with van der Waals surface area (Å²) in [7, 11) is -3.64. The summed E-state index contributed by atoms with van der Waals surface area (Å²) in [5.74, 6) is 0. The fraction of sp³-hybridized carbons (Fsp3) is 0.214. The van der Waals surface area contributed by atoms with Crippen molar-refractivity contribution in [1.82, 2.24) is 9.71 Å². The van der Waals surface area contributed by atoms with Gasteiger partial charge in [-0.15, -0.1) is 0 Å². The molecule has 0 fully saturated rings. The Morgan fingerprint density at radius 3 is 2.67 bits per heavy atom. The molecule has 4 nitrogen and oxygen atoms in total. The van der Waals surface area contributed by atoms with Crippen LogP contribution >= 0.6 is 23.2 Å². The number of hydrogen-bond donors (Lipinski definition) is 1. The van der Waals surface area contributed by atoms with Gasteiger partial charge in [-0.05, 0) is 25.0 Å². The van der Waals surface area contributed by atoms with Gasteiger partial charge in [0.25, 0.3) is 0 Å². The minimum atomic E-state index is -3.64. The highest BCUT2D eigenvalue weighted by Gasteiger charge is 2.15. The summed E-state index contributed by atoms with van der Waals surface area (Å²) in [5.41, 5.74) is 2.22. The van der Waals surface area contributed by atoms with E-state index in [-0.39, 0.29) is 15.1 Å². The van der Waals surface area contributed by atoms with E-state index in [1.54, 1.807) is 0 Å². The normalized spacial score (nSPS) is 11.6. The van der Waals surface area contributed by atoms with Gasteiger partial charge in [-0.1, -0.05) is 53.0 Å². The Morgan fingerprint density at radius 2 is 2.00 bits per heavy atom. The van der Waals surface area contributed by atoms with E-state index in [9.17, 15) is 8.42 Å². The average Bonchev–Trinajstić information content (AvgIpc) is 2.41. The molecule has 1 heterocycles. The molecule has 1 N–H and O–H groups in total. The second-order valence-corrected chi connectivity index (χ2v) is 7.11. The Morgan fingerprint density at radius 1 is 1.24 bits per heavy atom. The molecule has 2 rings (SSSR count). The van der Waals surface area contributed by atoms with Crippen LogP contribution in [0.4, 0.5) is 0 Å². The number of rotatable bonds is 5. The molecule has 21 heavy (non-hydrogen) atoms. The number of benzene rings is 1. The van der Waals surface area contributed by atoms with E-state index in [0.717, 1.165) is 11.1 Å². The summed E-state index contributed by atoms with van der Waals surface area (Å²) in [5, 5.41) is 0.189. The summed E-state index contributed by atoms with van der Waals surface area (Å²) >= 11 is 11.5. The third kappa shape index (κ3) is 4.41. The number of aryl methyl sites for hydroxylation is 1. The predicted molar refractivity (Wildman–Crippen MR) is 84.3 cm³/mol. The molecule has 0 aliphatic rings. The average molecular weight is 345 g/mol. The minimum absolute atomic E-state index is 0.00106. The number of sulfonamides is 1. The minimum Gasteiger partial charge on any atom is -0.242 e. The second-order valence-electron chi connectivity index (χ2n) is 4.58. The van der Waals surface area contributed by atoms with Gasteiger partial charge in [0.1, 0.15) is 10.0 Å². The number of aromatic nitrogens is 1. The van der Waals surface area contributed by atoms with Gasteiger partial charge in [-0.3, -0.25) is 0 Å². The van der Waals surface area contributed by atoms with Crippen LogP contribution in [0, 0.1) is 6.92 Å². The molecule has 0 aliphatic carbocycles. The summed E-state index contributed by atoms with van der Waals surface area (Å²) < 4.78 is 26.7. The highest BCUT2D eigenvalue weighted by molar-refractivity contribution is 7.89. The van der Waals surface area contributed by atoms with E-state index in [0.29, 0.717) is 13.0 Å². The highest BCUT2D eigenvalue weighted by atomic mass is 35.5. The molecule has 0 atom stereocenters. The lowest BCUT2D eigenvalue weighted by molar-refractivity contribution is 0.581. The molecule has 0 saturated carbocycles. The summed E-state index contributed by atoms with van der Waals surface area (Å²) in [6, 6.07) is 9.21. The number of hydrogen-bond acceptors (Lipinski definition) is 3. The van der Waals surface area contributed by atoms with Gasteiger partial charge in [0.15, 0.2) is 0 Å². The van der Waals surface area contributed by atoms with Crippen LogP contribution in [0.15, 0.2) is 41.4 Å². The molecular formula is C14H14Cl2N2O2S. The molecule has 112 valence electrons. The fourth-order valence-corrected chi connectivity index (χ4v) is 3.17. The number of nitrogens with one attached hydrogen (secondary N) is 1. The number of nitrogens with zero attached hydrogens (tertiary/aromatic N) is 1. The zero-order valence-electron chi connectivity index (χ0n) is 11.3. The largest absolute Gasteiger partial charge is 0.242 e. The maximum atomic E-state index is 12.1. The van der Waals surface area contributed by atoms with Gasteiger partial charge in [0.2, 0.25) is 10.0 Å². The first kappa shape index (κ1) is 16.2. The van der Waals surface area contributed by atoms with Gasteiger partial charge in [-0.25, -0.2) is 18.1 Å². The van der Waals surface area contributed by atoms with Crippen LogP contribution in [-0.4, -0.2) is 19.9 Å². The number of pyridine rings is 1. The molecule has 1 aromatic carbocycles. The van der Waals surface area contributed by atoms with E-state index < -0.39 is 10.0 Å². The van der Waals surface area contributed by atoms with Gasteiger partial charge in [0, 0.05) is 12.7 Å². The van der Waals surface area contributed by atoms with E-state index >= 15 is 0 Å². The summed E-state index contributed by atoms with van der Waals surface area (Å²) in [6.07, 6.45) is 1.79. The van der Waals surface area contributed by atoms with Crippen LogP contribution < -0.4 is 4.72 Å². The van der Waals surface area contributed by atoms with Crippen molar-refractivity contribution >= 4 is 33.2 Å². The van der Waals surface area contributed by atoms with Crippen molar-refractivity contribution in [3.8, 4) is 0 Å².